The van der Waals surface area contributed by atoms with Crippen LogP contribution < -0.4 is 0 Å². The Morgan fingerprint density at radius 3 is 2.91 bits per heavy atom. The summed E-state index contributed by atoms with van der Waals surface area (Å²) in [6.45, 7) is 0.00345. The number of aromatic nitrogens is 1. The molecule has 2 aromatic rings. The van der Waals surface area contributed by atoms with Crippen LogP contribution in [-0.2, 0) is 9.84 Å². The normalized spacial score (nSPS) is 19.3. The van der Waals surface area contributed by atoms with Crippen LogP contribution in [0.3, 0.4) is 0 Å². The fourth-order valence-corrected chi connectivity index (χ4v) is 4.33. The number of hydrogen-bond donors (Lipinski definition) is 0. The first-order valence-corrected chi connectivity index (χ1v) is 8.76. The molecule has 0 aromatic carbocycles. The average molecular weight is 334 g/mol. The van der Waals surface area contributed by atoms with E-state index in [4.69, 9.17) is 15.3 Å². The van der Waals surface area contributed by atoms with E-state index in [1.165, 1.54) is 11.2 Å². The monoisotopic (exact) mass is 334 g/mol. The predicted molar refractivity (Wildman–Crippen MR) is 81.1 cm³/mol. The quantitative estimate of drug-likeness (QED) is 0.780. The van der Waals surface area contributed by atoms with Crippen LogP contribution in [0.1, 0.15) is 16.9 Å². The van der Waals surface area contributed by atoms with Gasteiger partial charge in [0.05, 0.1) is 24.3 Å². The van der Waals surface area contributed by atoms with Crippen molar-refractivity contribution in [3.8, 4) is 23.9 Å². The Bertz CT molecular complexity index is 845. The third-order valence-electron chi connectivity index (χ3n) is 3.69. The number of furan rings is 1. The molecule has 1 amide bonds. The molecule has 1 saturated heterocycles. The molecule has 0 aliphatic carbocycles. The van der Waals surface area contributed by atoms with Gasteiger partial charge in [-0.1, -0.05) is 5.92 Å². The summed E-state index contributed by atoms with van der Waals surface area (Å²) >= 11 is 0. The van der Waals surface area contributed by atoms with E-state index in [9.17, 15) is 13.2 Å². The first kappa shape index (κ1) is 15.4. The Kier molecular flexibility index (Phi) is 3.96. The van der Waals surface area contributed by atoms with Crippen molar-refractivity contribution >= 4 is 15.7 Å². The highest BCUT2D eigenvalue weighted by Crippen LogP contribution is 2.26. The molecule has 1 aliphatic rings. The lowest BCUT2D eigenvalue weighted by molar-refractivity contribution is 0.0719. The molecule has 0 saturated carbocycles. The van der Waals surface area contributed by atoms with Crippen molar-refractivity contribution in [3.05, 3.63) is 30.5 Å². The molecule has 3 heterocycles. The van der Waals surface area contributed by atoms with Gasteiger partial charge in [0.15, 0.2) is 27.7 Å². The van der Waals surface area contributed by atoms with E-state index < -0.39 is 21.8 Å². The first-order chi connectivity index (χ1) is 11.0. The van der Waals surface area contributed by atoms with Gasteiger partial charge >= 0.3 is 0 Å². The number of nitrogens with zero attached hydrogens (tertiary/aromatic N) is 2. The van der Waals surface area contributed by atoms with E-state index in [0.29, 0.717) is 12.2 Å². The predicted octanol–water partition coefficient (Wildman–Crippen LogP) is 1.20. The molecule has 8 heteroatoms. The van der Waals surface area contributed by atoms with Gasteiger partial charge in [0.25, 0.3) is 5.91 Å². The van der Waals surface area contributed by atoms with Gasteiger partial charge in [0, 0.05) is 6.04 Å². The van der Waals surface area contributed by atoms with Crippen LogP contribution in [0.25, 0.3) is 11.5 Å². The fourth-order valence-electron chi connectivity index (χ4n) is 2.60. The van der Waals surface area contributed by atoms with E-state index in [0.717, 1.165) is 6.39 Å². The second-order valence-corrected chi connectivity index (χ2v) is 7.43. The molecule has 0 spiro atoms. The van der Waals surface area contributed by atoms with E-state index in [1.807, 2.05) is 0 Å². The zero-order valence-corrected chi connectivity index (χ0v) is 13.0. The van der Waals surface area contributed by atoms with Gasteiger partial charge in [0.2, 0.25) is 5.76 Å². The van der Waals surface area contributed by atoms with Gasteiger partial charge in [-0.2, -0.15) is 0 Å². The van der Waals surface area contributed by atoms with E-state index in [1.54, 1.807) is 12.1 Å². The molecule has 7 nitrogen and oxygen atoms in total. The van der Waals surface area contributed by atoms with E-state index in [-0.39, 0.29) is 29.5 Å². The molecule has 120 valence electrons. The maximum atomic E-state index is 12.8. The van der Waals surface area contributed by atoms with Gasteiger partial charge in [0.1, 0.15) is 0 Å². The summed E-state index contributed by atoms with van der Waals surface area (Å²) in [6.07, 6.45) is 8.29. The number of oxazole rings is 1. The van der Waals surface area contributed by atoms with Gasteiger partial charge in [-0.05, 0) is 18.6 Å². The van der Waals surface area contributed by atoms with Crippen molar-refractivity contribution in [2.75, 3.05) is 18.1 Å². The van der Waals surface area contributed by atoms with Gasteiger partial charge in [-0.3, -0.25) is 4.79 Å². The van der Waals surface area contributed by atoms with Crippen LogP contribution in [0.5, 0.6) is 0 Å². The molecule has 0 N–H and O–H groups in total. The highest BCUT2D eigenvalue weighted by molar-refractivity contribution is 7.91. The molecular weight excluding hydrogens is 320 g/mol. The van der Waals surface area contributed by atoms with Crippen molar-refractivity contribution in [1.82, 2.24) is 9.88 Å². The van der Waals surface area contributed by atoms with E-state index in [2.05, 4.69) is 10.9 Å². The topological polar surface area (TPSA) is 93.6 Å². The van der Waals surface area contributed by atoms with E-state index >= 15 is 0 Å². The minimum atomic E-state index is -3.14. The van der Waals surface area contributed by atoms with Gasteiger partial charge in [-0.25, -0.2) is 13.4 Å². The van der Waals surface area contributed by atoms with Crippen LogP contribution in [0.2, 0.25) is 0 Å². The number of hydrogen-bond acceptors (Lipinski definition) is 6. The summed E-state index contributed by atoms with van der Waals surface area (Å²) in [6, 6.07) is 2.85. The number of terminal acetylenes is 1. The lowest BCUT2D eigenvalue weighted by Crippen LogP contribution is -2.41. The summed E-state index contributed by atoms with van der Waals surface area (Å²) in [7, 11) is -3.14. The van der Waals surface area contributed by atoms with Crippen molar-refractivity contribution in [2.24, 2.45) is 0 Å². The van der Waals surface area contributed by atoms with Crippen molar-refractivity contribution in [1.29, 1.82) is 0 Å². The Morgan fingerprint density at radius 2 is 2.30 bits per heavy atom. The van der Waals surface area contributed by atoms with Crippen molar-refractivity contribution < 1.29 is 22.0 Å². The Morgan fingerprint density at radius 1 is 1.48 bits per heavy atom. The number of rotatable bonds is 4. The molecule has 0 bridgehead atoms. The summed E-state index contributed by atoms with van der Waals surface area (Å²) in [5, 5.41) is 0. The second-order valence-electron chi connectivity index (χ2n) is 5.20. The molecule has 1 atom stereocenters. The molecule has 1 fully saturated rings. The van der Waals surface area contributed by atoms with Gasteiger partial charge in [-0.15, -0.1) is 6.42 Å². The van der Waals surface area contributed by atoms with Crippen LogP contribution in [0, 0.1) is 12.3 Å². The smallest absolute Gasteiger partial charge is 0.277 e. The zero-order valence-electron chi connectivity index (χ0n) is 12.1. The lowest BCUT2D eigenvalue weighted by atomic mass is 10.2. The molecule has 1 aliphatic heterocycles. The highest BCUT2D eigenvalue weighted by atomic mass is 32.2. The first-order valence-electron chi connectivity index (χ1n) is 6.94. The minimum Gasteiger partial charge on any atom is -0.461 e. The molecule has 23 heavy (non-hydrogen) atoms. The third-order valence-corrected chi connectivity index (χ3v) is 5.44. The molecule has 0 unspecified atom stereocenters. The van der Waals surface area contributed by atoms with Crippen LogP contribution >= 0.6 is 0 Å². The second kappa shape index (κ2) is 5.93. The van der Waals surface area contributed by atoms with Crippen molar-refractivity contribution in [3.63, 3.8) is 0 Å². The fraction of sp³-hybridized carbons (Fsp3) is 0.333. The van der Waals surface area contributed by atoms with Crippen LogP contribution in [0.15, 0.2) is 33.6 Å². The van der Waals surface area contributed by atoms with Gasteiger partial charge < -0.3 is 13.7 Å². The maximum absolute atomic E-state index is 12.8. The van der Waals surface area contributed by atoms with Crippen molar-refractivity contribution in [2.45, 2.75) is 12.5 Å². The summed E-state index contributed by atoms with van der Waals surface area (Å²) in [5.74, 6) is 2.46. The SMILES string of the molecule is C#CCN(C(=O)c1ncoc1-c1ccco1)[C@@H]1CCS(=O)(=O)C1. The number of carbonyl (C=O) groups excluding carboxylic acids is 1. The standard InChI is InChI=1S/C15H14N2O5S/c1-2-6-17(11-5-8-23(19,20)9-11)15(18)13-14(22-10-16-13)12-4-3-7-21-12/h1,3-4,7,10-11H,5-6,8-9H2/t11-/m1/s1. The molecule has 0 radical (unpaired) electrons. The molecule has 3 rings (SSSR count). The number of sulfone groups is 1. The summed E-state index contributed by atoms with van der Waals surface area (Å²) < 4.78 is 33.8. The average Bonchev–Trinajstić information content (AvgIpc) is 3.23. The highest BCUT2D eigenvalue weighted by Gasteiger charge is 2.36. The lowest BCUT2D eigenvalue weighted by Gasteiger charge is -2.25. The molecule has 2 aromatic heterocycles. The Balaban J connectivity index is 1.91. The van der Waals surface area contributed by atoms with Crippen LogP contribution in [-0.4, -0.2) is 48.3 Å². The van der Waals surface area contributed by atoms with Crippen LogP contribution in [0.4, 0.5) is 0 Å². The zero-order chi connectivity index (χ0) is 16.4. The number of carbonyl (C=O) groups is 1. The largest absolute Gasteiger partial charge is 0.461 e. The minimum absolute atomic E-state index is 0.00345. The summed E-state index contributed by atoms with van der Waals surface area (Å²) in [5.41, 5.74) is 0.0551. The Hall–Kier alpha value is -2.53. The maximum Gasteiger partial charge on any atom is 0.277 e. The number of amides is 1. The summed E-state index contributed by atoms with van der Waals surface area (Å²) in [4.78, 5) is 18.1. The third kappa shape index (κ3) is 3.00. The Labute approximate surface area is 133 Å². The molecular formula is C15H14N2O5S.